The standard InChI is InChI=1S/C48H64N2O21/c1-17-35(54)25(52)14-27(64-17)68-42-19(3)66-29(16-46(42,4)50(61)62)67-40-18(2)65-28(15-26(40)53)69-43-34(49(7)8)39(58)45-70-41-23(48(43,6)71-45)13-24(51)31-32(41)37(56)22-12-21-20(36(55)30(22)38(31)57)10-11-47(5,60)33(21)44(59)63-9/h12-13,17-19,25-29,33-35,39-40,42-43,45,50-55,58,60-61H,10-11,14-16H2,1-9H3/t17-,18-,19-,25-,26-,27-,28-,29+,33-,34-,35+,39-,40+,42-,43-,45+,46+,47-,48+/m0/s1. The number of hydroxylamine groups is 2. The third-order valence-electron chi connectivity index (χ3n) is 15.8. The molecule has 20 atom stereocenters. The zero-order valence-corrected chi connectivity index (χ0v) is 40.8. The minimum atomic E-state index is -1.69. The summed E-state index contributed by atoms with van der Waals surface area (Å²) in [5, 5.41) is 101. The molecule has 23 heteroatoms. The van der Waals surface area contributed by atoms with E-state index in [-0.39, 0.29) is 60.1 Å². The second kappa shape index (κ2) is 18.4. The molecule has 1 unspecified atom stereocenters. The van der Waals surface area contributed by atoms with Gasteiger partial charge >= 0.3 is 5.97 Å². The minimum absolute atomic E-state index is 0.0214. The van der Waals surface area contributed by atoms with Crippen LogP contribution >= 0.6 is 0 Å². The SMILES string of the molecule is COC(=O)[C@@H]1c2cc3c(c(O)c2CC[C@]1(C)O)C(=O)c1c(O)cc2c(c1C3=O)O[C@@H]1O[C@@]2(C)[C@@H](O[C@H]2C[C@H](O)[C@H](O[C@@H]3C[C@@](C)([NH+]([O-])O)[C@@H](O[C@H]4C[C@H](O)[C@H](O)[C@H](C)O4)[C@H](C)O3)[C@H](C)O2)[C@@H](N(C)C)[C@@H]1O. The normalized spacial score (nSPS) is 42.3. The average Bonchev–Trinajstić information content (AvgIpc) is 3.28. The van der Waals surface area contributed by atoms with Crippen molar-refractivity contribution in [1.29, 1.82) is 0 Å². The maximum Gasteiger partial charge on any atom is 0.316 e. The van der Waals surface area contributed by atoms with Gasteiger partial charge in [0.2, 0.25) is 12.1 Å². The number of aromatic hydroxyl groups is 2. The first-order valence-electron chi connectivity index (χ1n) is 23.8. The number of phenolic OH excluding ortho intramolecular Hbond substituents is 2. The summed E-state index contributed by atoms with van der Waals surface area (Å²) < 4.78 is 55.0. The fourth-order valence-corrected chi connectivity index (χ4v) is 11.9. The summed E-state index contributed by atoms with van der Waals surface area (Å²) in [5.74, 6) is -5.39. The highest BCUT2D eigenvalue weighted by molar-refractivity contribution is 6.31. The van der Waals surface area contributed by atoms with Crippen molar-refractivity contribution in [2.45, 2.75) is 189 Å². The Morgan fingerprint density at radius 3 is 2.08 bits per heavy atom. The number of hydrogen-bond acceptors (Lipinski definition) is 22. The largest absolute Gasteiger partial charge is 0.600 e. The number of nitrogens with one attached hydrogen (secondary N) is 1. The smallest absolute Gasteiger partial charge is 0.316 e. The van der Waals surface area contributed by atoms with E-state index in [4.69, 9.17) is 42.6 Å². The zero-order valence-electron chi connectivity index (χ0n) is 40.8. The minimum Gasteiger partial charge on any atom is -0.600 e. The number of fused-ring (bicyclic) bond motifs is 8. The molecule has 5 aliphatic heterocycles. The van der Waals surface area contributed by atoms with Gasteiger partial charge in [0.15, 0.2) is 30.2 Å². The highest BCUT2D eigenvalue weighted by Crippen LogP contribution is 2.55. The molecule has 71 heavy (non-hydrogen) atoms. The van der Waals surface area contributed by atoms with Gasteiger partial charge in [0.25, 0.3) is 0 Å². The molecule has 4 saturated heterocycles. The molecule has 0 amide bonds. The Balaban J connectivity index is 0.981. The van der Waals surface area contributed by atoms with Gasteiger partial charge < -0.3 is 88.5 Å². The average molecular weight is 1010 g/mol. The Bertz CT molecular complexity index is 2430. The van der Waals surface area contributed by atoms with E-state index in [9.17, 15) is 60.5 Å². The number of nitrogens with zero attached hydrogens (tertiary/aromatic N) is 1. The summed E-state index contributed by atoms with van der Waals surface area (Å²) >= 11 is 0. The predicted octanol–water partition coefficient (Wildman–Crippen LogP) is -0.744. The van der Waals surface area contributed by atoms with E-state index in [1.165, 1.54) is 26.0 Å². The molecule has 4 fully saturated rings. The molecule has 0 radical (unpaired) electrons. The molecule has 7 aliphatic rings. The van der Waals surface area contributed by atoms with Crippen LogP contribution in [-0.4, -0.2) is 188 Å². The Kier molecular flexibility index (Phi) is 13.5. The van der Waals surface area contributed by atoms with Gasteiger partial charge in [-0.15, -0.1) is 0 Å². The number of phenols is 2. The van der Waals surface area contributed by atoms with Crippen LogP contribution in [0.25, 0.3) is 0 Å². The molecule has 0 saturated carbocycles. The number of quaternary nitrogens is 1. The van der Waals surface area contributed by atoms with E-state index >= 15 is 0 Å². The van der Waals surface area contributed by atoms with Crippen LogP contribution in [0, 0.1) is 5.21 Å². The van der Waals surface area contributed by atoms with E-state index in [0.29, 0.717) is 0 Å². The lowest BCUT2D eigenvalue weighted by atomic mass is 9.69. The molecular formula is C48H64N2O21. The predicted molar refractivity (Wildman–Crippen MR) is 237 cm³/mol. The topological polar surface area (TPSA) is 327 Å². The molecule has 2 aliphatic carbocycles. The number of benzene rings is 2. The van der Waals surface area contributed by atoms with E-state index < -0.39 is 166 Å². The Morgan fingerprint density at radius 1 is 0.831 bits per heavy atom. The lowest BCUT2D eigenvalue weighted by Gasteiger charge is -2.56. The highest BCUT2D eigenvalue weighted by Gasteiger charge is 2.62. The number of ether oxygens (including phenoxy) is 9. The van der Waals surface area contributed by atoms with Crippen molar-refractivity contribution in [3.8, 4) is 17.2 Å². The summed E-state index contributed by atoms with van der Waals surface area (Å²) in [5.41, 5.74) is -6.22. The Hall–Kier alpha value is -3.99. The molecular weight excluding hydrogens is 941 g/mol. The molecule has 9 N–H and O–H groups in total. The van der Waals surface area contributed by atoms with Gasteiger partial charge in [-0.05, 0) is 91.7 Å². The van der Waals surface area contributed by atoms with E-state index in [1.54, 1.807) is 46.7 Å². The number of likely N-dealkylation sites (N-methyl/N-ethyl adjacent to an activating group) is 1. The van der Waals surface area contributed by atoms with Gasteiger partial charge in [-0.3, -0.25) is 14.4 Å². The number of aliphatic hydroxyl groups excluding tert-OH is 4. The van der Waals surface area contributed by atoms with Gasteiger partial charge in [0, 0.05) is 24.0 Å². The van der Waals surface area contributed by atoms with Crippen LogP contribution in [0.1, 0.15) is 122 Å². The first kappa shape index (κ1) is 51.9. The van der Waals surface area contributed by atoms with Crippen LogP contribution in [0.5, 0.6) is 17.2 Å². The third-order valence-corrected chi connectivity index (χ3v) is 15.8. The zero-order chi connectivity index (χ0) is 51.7. The molecule has 2 aromatic rings. The molecule has 2 bridgehead atoms. The van der Waals surface area contributed by atoms with Crippen molar-refractivity contribution < 1.29 is 103 Å². The number of aliphatic hydroxyl groups is 5. The second-order valence-corrected chi connectivity index (χ2v) is 20.9. The summed E-state index contributed by atoms with van der Waals surface area (Å²) in [6.45, 7) is 9.28. The van der Waals surface area contributed by atoms with Gasteiger partial charge in [0.1, 0.15) is 59.3 Å². The van der Waals surface area contributed by atoms with Crippen molar-refractivity contribution in [2.24, 2.45) is 0 Å². The van der Waals surface area contributed by atoms with Gasteiger partial charge in [-0.25, -0.2) is 10.4 Å². The molecule has 5 heterocycles. The Morgan fingerprint density at radius 2 is 1.46 bits per heavy atom. The summed E-state index contributed by atoms with van der Waals surface area (Å²) in [6, 6.07) is 1.54. The lowest BCUT2D eigenvalue weighted by Crippen LogP contribution is -3.16. The summed E-state index contributed by atoms with van der Waals surface area (Å²) in [7, 11) is 4.49. The maximum absolute atomic E-state index is 14.9. The number of rotatable bonds is 9. The van der Waals surface area contributed by atoms with Crippen LogP contribution in [0.15, 0.2) is 12.1 Å². The van der Waals surface area contributed by atoms with E-state index in [2.05, 4.69) is 0 Å². The maximum atomic E-state index is 14.9. The fraction of sp³-hybridized carbons (Fsp3) is 0.688. The first-order chi connectivity index (χ1) is 33.2. The molecule has 392 valence electrons. The third kappa shape index (κ3) is 8.35. The summed E-state index contributed by atoms with van der Waals surface area (Å²) in [6.07, 6.45) is -16.4. The number of methoxy groups -OCH3 is 1. The second-order valence-electron chi connectivity index (χ2n) is 20.9. The van der Waals surface area contributed by atoms with Crippen molar-refractivity contribution in [3.05, 3.63) is 56.3 Å². The van der Waals surface area contributed by atoms with Crippen LogP contribution in [0.4, 0.5) is 0 Å². The van der Waals surface area contributed by atoms with E-state index in [1.807, 2.05) is 0 Å². The number of hydrogen-bond donors (Lipinski definition) is 9. The van der Waals surface area contributed by atoms with Crippen molar-refractivity contribution >= 4 is 17.5 Å². The highest BCUT2D eigenvalue weighted by atomic mass is 16.8. The molecule has 0 spiro atoms. The van der Waals surface area contributed by atoms with Crippen LogP contribution in [0.3, 0.4) is 0 Å². The fourth-order valence-electron chi connectivity index (χ4n) is 11.9. The molecule has 2 aromatic carbocycles. The van der Waals surface area contributed by atoms with Gasteiger partial charge in [-0.1, -0.05) is 0 Å². The van der Waals surface area contributed by atoms with Crippen LogP contribution in [0.2, 0.25) is 0 Å². The van der Waals surface area contributed by atoms with Crippen molar-refractivity contribution in [3.63, 3.8) is 0 Å². The van der Waals surface area contributed by atoms with Crippen molar-refractivity contribution in [2.75, 3.05) is 21.2 Å². The van der Waals surface area contributed by atoms with Gasteiger partial charge in [0.05, 0.1) is 72.4 Å². The van der Waals surface area contributed by atoms with Crippen LogP contribution < -0.4 is 9.96 Å². The monoisotopic (exact) mass is 1000 g/mol. The molecule has 0 aromatic heterocycles. The summed E-state index contributed by atoms with van der Waals surface area (Å²) in [4.78, 5) is 44.1. The quantitative estimate of drug-likeness (QED) is 0.0941. The van der Waals surface area contributed by atoms with Crippen LogP contribution in [-0.2, 0) is 54.7 Å². The number of ketones is 2. The van der Waals surface area contributed by atoms with Gasteiger partial charge in [-0.2, -0.15) is 0 Å². The first-order valence-corrected chi connectivity index (χ1v) is 23.8. The number of carbonyl (C=O) groups excluding carboxylic acids is 3. The molecule has 23 nitrogen and oxygen atoms in total. The molecule has 9 rings (SSSR count). The van der Waals surface area contributed by atoms with E-state index in [0.717, 1.165) is 7.11 Å². The number of esters is 1. The van der Waals surface area contributed by atoms with Crippen molar-refractivity contribution in [1.82, 2.24) is 4.90 Å². The lowest BCUT2D eigenvalue weighted by molar-refractivity contribution is -1.09. The Labute approximate surface area is 408 Å². The number of carbonyl (C=O) groups is 3.